The summed E-state index contributed by atoms with van der Waals surface area (Å²) in [7, 11) is 0. The molecule has 0 saturated carbocycles. The zero-order valence-corrected chi connectivity index (χ0v) is 14.6. The molecule has 0 aliphatic heterocycles. The number of rotatable bonds is 11. The van der Waals surface area contributed by atoms with Crippen LogP contribution in [0.3, 0.4) is 0 Å². The quantitative estimate of drug-likeness (QED) is 0.415. The summed E-state index contributed by atoms with van der Waals surface area (Å²) in [5, 5.41) is 0. The summed E-state index contributed by atoms with van der Waals surface area (Å²) >= 11 is 0. The summed E-state index contributed by atoms with van der Waals surface area (Å²) in [6, 6.07) is 4.38. The number of nitrogens with one attached hydrogen (secondary N) is 1. The van der Waals surface area contributed by atoms with Crippen molar-refractivity contribution in [1.29, 1.82) is 0 Å². The fraction of sp³-hybridized carbons (Fsp3) is 0.706. The van der Waals surface area contributed by atoms with Crippen LogP contribution in [0.1, 0.15) is 76.7 Å². The average molecular weight is 375 g/mol. The Bertz CT molecular complexity index is 274. The van der Waals surface area contributed by atoms with E-state index >= 15 is 0 Å². The molecule has 2 heteroatoms. The first-order valence-corrected chi connectivity index (χ1v) is 7.88. The standard InChI is InChI=1S/C17H29N.HI/c1-2-3-4-5-6-7-8-9-10-11-12-17-13-15-18-16-14-17;/h13-16H,2-12H2,1H3;1H. The van der Waals surface area contributed by atoms with Crippen molar-refractivity contribution >= 4 is 0 Å². The van der Waals surface area contributed by atoms with E-state index in [9.17, 15) is 0 Å². The fourth-order valence-corrected chi connectivity index (χ4v) is 2.40. The van der Waals surface area contributed by atoms with E-state index in [1.54, 1.807) is 0 Å². The first kappa shape index (κ1) is 18.9. The molecule has 1 aromatic heterocycles. The second-order valence-electron chi connectivity index (χ2n) is 5.34. The van der Waals surface area contributed by atoms with E-state index in [0.717, 1.165) is 0 Å². The van der Waals surface area contributed by atoms with Crippen LogP contribution in [-0.2, 0) is 6.42 Å². The summed E-state index contributed by atoms with van der Waals surface area (Å²) in [6.45, 7) is 2.28. The van der Waals surface area contributed by atoms with E-state index < -0.39 is 0 Å². The maximum atomic E-state index is 3.07. The van der Waals surface area contributed by atoms with Crippen molar-refractivity contribution in [2.45, 2.75) is 77.6 Å². The number of unbranched alkanes of at least 4 members (excludes halogenated alkanes) is 9. The van der Waals surface area contributed by atoms with Gasteiger partial charge in [-0.25, -0.2) is 4.98 Å². The molecule has 1 heterocycles. The number of hydrogen-bond donors (Lipinski definition) is 0. The zero-order chi connectivity index (χ0) is 12.9. The van der Waals surface area contributed by atoms with Crippen LogP contribution in [0.5, 0.6) is 0 Å². The first-order valence-electron chi connectivity index (χ1n) is 7.88. The summed E-state index contributed by atoms with van der Waals surface area (Å²) in [6.07, 6.45) is 19.5. The van der Waals surface area contributed by atoms with Crippen molar-refractivity contribution in [2.24, 2.45) is 0 Å². The monoisotopic (exact) mass is 375 g/mol. The van der Waals surface area contributed by atoms with Crippen LogP contribution in [0.4, 0.5) is 0 Å². The second kappa shape index (κ2) is 14.3. The van der Waals surface area contributed by atoms with Crippen molar-refractivity contribution in [1.82, 2.24) is 0 Å². The van der Waals surface area contributed by atoms with Gasteiger partial charge in [-0.15, -0.1) is 0 Å². The maximum Gasteiger partial charge on any atom is 0.167 e. The molecular formula is C17H30IN. The first-order chi connectivity index (χ1) is 8.93. The second-order valence-corrected chi connectivity index (χ2v) is 5.34. The van der Waals surface area contributed by atoms with Crippen molar-refractivity contribution in [3.63, 3.8) is 0 Å². The van der Waals surface area contributed by atoms with E-state index in [-0.39, 0.29) is 24.0 Å². The minimum atomic E-state index is 0. The highest BCUT2D eigenvalue weighted by Crippen LogP contribution is 2.11. The lowest BCUT2D eigenvalue weighted by molar-refractivity contribution is -0.378. The van der Waals surface area contributed by atoms with Gasteiger partial charge in [0.15, 0.2) is 12.4 Å². The summed E-state index contributed by atoms with van der Waals surface area (Å²) in [4.78, 5) is 3.07. The lowest BCUT2D eigenvalue weighted by Crippen LogP contribution is -3.00. The maximum absolute atomic E-state index is 3.07. The molecule has 1 aromatic rings. The van der Waals surface area contributed by atoms with Crippen molar-refractivity contribution in [2.75, 3.05) is 0 Å². The minimum Gasteiger partial charge on any atom is -1.00 e. The smallest absolute Gasteiger partial charge is 0.167 e. The fourth-order valence-electron chi connectivity index (χ4n) is 2.40. The Balaban J connectivity index is 0.00000324. The van der Waals surface area contributed by atoms with E-state index in [0.29, 0.717) is 0 Å². The molecule has 0 aromatic carbocycles. The highest BCUT2D eigenvalue weighted by atomic mass is 127. The van der Waals surface area contributed by atoms with Crippen molar-refractivity contribution in [3.05, 3.63) is 30.1 Å². The molecule has 0 radical (unpaired) electrons. The van der Waals surface area contributed by atoms with Crippen molar-refractivity contribution in [3.8, 4) is 0 Å². The largest absolute Gasteiger partial charge is 1.00 e. The highest BCUT2D eigenvalue weighted by molar-refractivity contribution is 5.06. The van der Waals surface area contributed by atoms with Gasteiger partial charge in [0.2, 0.25) is 0 Å². The number of pyridine rings is 1. The molecule has 0 saturated heterocycles. The predicted octanol–water partition coefficient (Wildman–Crippen LogP) is 1.97. The van der Waals surface area contributed by atoms with Crippen LogP contribution in [-0.4, -0.2) is 0 Å². The molecule has 0 aliphatic rings. The number of aromatic nitrogens is 1. The number of H-pyrrole nitrogens is 1. The van der Waals surface area contributed by atoms with Crippen LogP contribution in [0.25, 0.3) is 0 Å². The van der Waals surface area contributed by atoms with Crippen LogP contribution >= 0.6 is 0 Å². The Morgan fingerprint density at radius 2 is 1.21 bits per heavy atom. The van der Waals surface area contributed by atoms with Gasteiger partial charge in [0, 0.05) is 12.1 Å². The Hall–Kier alpha value is -0.120. The topological polar surface area (TPSA) is 14.1 Å². The molecule has 19 heavy (non-hydrogen) atoms. The average Bonchev–Trinajstić information content (AvgIpc) is 2.42. The predicted molar refractivity (Wildman–Crippen MR) is 78.5 cm³/mol. The van der Waals surface area contributed by atoms with E-state index in [1.807, 2.05) is 12.4 Å². The van der Waals surface area contributed by atoms with Gasteiger partial charge in [0.1, 0.15) is 0 Å². The third kappa shape index (κ3) is 11.4. The Labute approximate surface area is 136 Å². The molecule has 0 bridgehead atoms. The van der Waals surface area contributed by atoms with Gasteiger partial charge in [0.25, 0.3) is 0 Å². The third-order valence-corrected chi connectivity index (χ3v) is 3.61. The van der Waals surface area contributed by atoms with Gasteiger partial charge >= 0.3 is 0 Å². The third-order valence-electron chi connectivity index (χ3n) is 3.61. The summed E-state index contributed by atoms with van der Waals surface area (Å²) in [5.41, 5.74) is 1.47. The molecule has 0 fully saturated rings. The number of aryl methyl sites for hydroxylation is 1. The van der Waals surface area contributed by atoms with Gasteiger partial charge in [-0.3, -0.25) is 0 Å². The number of hydrogen-bond acceptors (Lipinski definition) is 0. The minimum absolute atomic E-state index is 0. The molecule has 1 rings (SSSR count). The normalized spacial score (nSPS) is 10.2. The van der Waals surface area contributed by atoms with Gasteiger partial charge in [0.05, 0.1) is 0 Å². The van der Waals surface area contributed by atoms with Gasteiger partial charge < -0.3 is 24.0 Å². The molecule has 0 spiro atoms. The SMILES string of the molecule is CCCCCCCCCCCCc1cc[nH+]cc1.[I-]. The highest BCUT2D eigenvalue weighted by Gasteiger charge is 1.95. The van der Waals surface area contributed by atoms with Gasteiger partial charge in [-0.05, 0) is 18.4 Å². The molecule has 0 atom stereocenters. The molecule has 0 unspecified atom stereocenters. The molecular weight excluding hydrogens is 345 g/mol. The van der Waals surface area contributed by atoms with Crippen LogP contribution in [0, 0.1) is 0 Å². The van der Waals surface area contributed by atoms with Gasteiger partial charge in [-0.1, -0.05) is 64.7 Å². The molecule has 0 amide bonds. The van der Waals surface area contributed by atoms with E-state index in [1.165, 1.54) is 76.2 Å². The summed E-state index contributed by atoms with van der Waals surface area (Å²) in [5.74, 6) is 0. The molecule has 1 N–H and O–H groups in total. The zero-order valence-electron chi connectivity index (χ0n) is 12.5. The number of aromatic amines is 1. The molecule has 0 aliphatic carbocycles. The van der Waals surface area contributed by atoms with Crippen LogP contribution < -0.4 is 29.0 Å². The molecule has 1 nitrogen and oxygen atoms in total. The Morgan fingerprint density at radius 1 is 0.737 bits per heavy atom. The summed E-state index contributed by atoms with van der Waals surface area (Å²) < 4.78 is 0. The number of halogens is 1. The van der Waals surface area contributed by atoms with Gasteiger partial charge in [-0.2, -0.15) is 0 Å². The molecule has 110 valence electrons. The lowest BCUT2D eigenvalue weighted by atomic mass is 10.0. The Morgan fingerprint density at radius 3 is 1.74 bits per heavy atom. The lowest BCUT2D eigenvalue weighted by Gasteiger charge is -2.02. The van der Waals surface area contributed by atoms with Crippen LogP contribution in [0.15, 0.2) is 24.5 Å². The Kier molecular flexibility index (Phi) is 14.2. The van der Waals surface area contributed by atoms with E-state index in [4.69, 9.17) is 0 Å². The van der Waals surface area contributed by atoms with Crippen molar-refractivity contribution < 1.29 is 29.0 Å². The van der Waals surface area contributed by atoms with Crippen LogP contribution in [0.2, 0.25) is 0 Å². The van der Waals surface area contributed by atoms with E-state index in [2.05, 4.69) is 24.0 Å².